The van der Waals surface area contributed by atoms with Crippen molar-refractivity contribution in [3.8, 4) is 0 Å². The van der Waals surface area contributed by atoms with Gasteiger partial charge in [-0.15, -0.1) is 0 Å². The van der Waals surface area contributed by atoms with Gasteiger partial charge in [-0.05, 0) is 42.8 Å². The summed E-state index contributed by atoms with van der Waals surface area (Å²) in [6, 6.07) is 17.1. The average molecular weight is 274 g/mol. The zero-order chi connectivity index (χ0) is 13.8. The van der Waals surface area contributed by atoms with E-state index in [1.165, 1.54) is 16.7 Å². The Morgan fingerprint density at radius 2 is 1.47 bits per heavy atom. The molecule has 0 aliphatic heterocycles. The first-order valence-corrected chi connectivity index (χ1v) is 7.03. The van der Waals surface area contributed by atoms with E-state index in [4.69, 9.17) is 11.6 Å². The highest BCUT2D eigenvalue weighted by molar-refractivity contribution is 6.30. The Morgan fingerprint density at radius 3 is 2.05 bits per heavy atom. The predicted molar refractivity (Wildman–Crippen MR) is 82.9 cm³/mol. The summed E-state index contributed by atoms with van der Waals surface area (Å²) >= 11 is 5.96. The molecule has 1 N–H and O–H groups in total. The van der Waals surface area contributed by atoms with E-state index in [1.807, 2.05) is 19.2 Å². The summed E-state index contributed by atoms with van der Waals surface area (Å²) in [4.78, 5) is 0. The lowest BCUT2D eigenvalue weighted by atomic mass is 9.87. The van der Waals surface area contributed by atoms with Crippen molar-refractivity contribution in [1.82, 2.24) is 5.32 Å². The standard InChI is InChI=1S/C17H20ClN/c1-12(14-8-10-15(18)11-9-14)16-6-4-5-7-17(16)13(2)19-3/h4-13,19H,1-3H3. The van der Waals surface area contributed by atoms with Crippen molar-refractivity contribution in [2.75, 3.05) is 7.05 Å². The van der Waals surface area contributed by atoms with Gasteiger partial charge in [-0.25, -0.2) is 0 Å². The first-order chi connectivity index (χ1) is 9.13. The van der Waals surface area contributed by atoms with Gasteiger partial charge in [0.05, 0.1) is 0 Å². The maximum absolute atomic E-state index is 5.96. The van der Waals surface area contributed by atoms with E-state index in [1.54, 1.807) is 0 Å². The van der Waals surface area contributed by atoms with Gasteiger partial charge in [-0.1, -0.05) is 54.9 Å². The minimum absolute atomic E-state index is 0.353. The van der Waals surface area contributed by atoms with Gasteiger partial charge in [-0.2, -0.15) is 0 Å². The summed E-state index contributed by atoms with van der Waals surface area (Å²) in [5.74, 6) is 0.365. The highest BCUT2D eigenvalue weighted by atomic mass is 35.5. The third-order valence-corrected chi connectivity index (χ3v) is 3.98. The molecule has 0 radical (unpaired) electrons. The summed E-state index contributed by atoms with van der Waals surface area (Å²) in [6.45, 7) is 4.43. The molecule has 2 rings (SSSR count). The predicted octanol–water partition coefficient (Wildman–Crippen LogP) is 4.77. The van der Waals surface area contributed by atoms with Crippen LogP contribution in [0.1, 0.15) is 42.5 Å². The van der Waals surface area contributed by atoms with Gasteiger partial charge >= 0.3 is 0 Å². The molecule has 0 fully saturated rings. The van der Waals surface area contributed by atoms with Gasteiger partial charge in [0, 0.05) is 17.0 Å². The van der Waals surface area contributed by atoms with Crippen LogP contribution in [0.25, 0.3) is 0 Å². The summed E-state index contributed by atoms with van der Waals surface area (Å²) in [6.07, 6.45) is 0. The molecule has 100 valence electrons. The number of nitrogens with one attached hydrogen (secondary N) is 1. The van der Waals surface area contributed by atoms with E-state index in [0.29, 0.717) is 12.0 Å². The molecule has 2 aromatic carbocycles. The van der Waals surface area contributed by atoms with Gasteiger partial charge in [0.2, 0.25) is 0 Å². The largest absolute Gasteiger partial charge is 0.313 e. The summed E-state index contributed by atoms with van der Waals surface area (Å²) in [5, 5.41) is 4.10. The molecule has 0 saturated carbocycles. The smallest absolute Gasteiger partial charge is 0.0406 e. The van der Waals surface area contributed by atoms with E-state index < -0.39 is 0 Å². The maximum Gasteiger partial charge on any atom is 0.0406 e. The Labute approximate surface area is 120 Å². The first-order valence-electron chi connectivity index (χ1n) is 6.65. The molecule has 2 unspecified atom stereocenters. The Kier molecular flexibility index (Phi) is 4.62. The van der Waals surface area contributed by atoms with Crippen LogP contribution in [0.3, 0.4) is 0 Å². The van der Waals surface area contributed by atoms with E-state index in [9.17, 15) is 0 Å². The molecule has 2 atom stereocenters. The fourth-order valence-electron chi connectivity index (χ4n) is 2.39. The third kappa shape index (κ3) is 3.17. The lowest BCUT2D eigenvalue weighted by Crippen LogP contribution is -2.15. The van der Waals surface area contributed by atoms with Gasteiger partial charge in [0.1, 0.15) is 0 Å². The van der Waals surface area contributed by atoms with Gasteiger partial charge in [0.25, 0.3) is 0 Å². The molecule has 2 aromatic rings. The fourth-order valence-corrected chi connectivity index (χ4v) is 2.51. The number of benzene rings is 2. The second-order valence-electron chi connectivity index (χ2n) is 4.91. The Balaban J connectivity index is 2.38. The summed E-state index contributed by atoms with van der Waals surface area (Å²) in [7, 11) is 1.99. The fraction of sp³-hybridized carbons (Fsp3) is 0.294. The molecule has 2 heteroatoms. The van der Waals surface area contributed by atoms with Crippen molar-refractivity contribution in [1.29, 1.82) is 0 Å². The molecule has 0 saturated heterocycles. The quantitative estimate of drug-likeness (QED) is 0.846. The van der Waals surface area contributed by atoms with Crippen LogP contribution in [-0.2, 0) is 0 Å². The Hall–Kier alpha value is -1.31. The monoisotopic (exact) mass is 273 g/mol. The van der Waals surface area contributed by atoms with Gasteiger partial charge < -0.3 is 5.32 Å². The number of hydrogen-bond donors (Lipinski definition) is 1. The van der Waals surface area contributed by atoms with E-state index in [0.717, 1.165) is 5.02 Å². The highest BCUT2D eigenvalue weighted by Crippen LogP contribution is 2.30. The van der Waals surface area contributed by atoms with Crippen LogP contribution in [0.4, 0.5) is 0 Å². The average Bonchev–Trinajstić information content (AvgIpc) is 2.46. The van der Waals surface area contributed by atoms with Crippen molar-refractivity contribution in [3.05, 3.63) is 70.2 Å². The van der Waals surface area contributed by atoms with Gasteiger partial charge in [0.15, 0.2) is 0 Å². The Morgan fingerprint density at radius 1 is 0.895 bits per heavy atom. The van der Waals surface area contributed by atoms with Crippen LogP contribution in [0.5, 0.6) is 0 Å². The van der Waals surface area contributed by atoms with Gasteiger partial charge in [-0.3, -0.25) is 0 Å². The molecule has 0 spiro atoms. The van der Waals surface area contributed by atoms with E-state index in [-0.39, 0.29) is 0 Å². The zero-order valence-electron chi connectivity index (χ0n) is 11.7. The second kappa shape index (κ2) is 6.23. The third-order valence-electron chi connectivity index (χ3n) is 3.73. The molecule has 0 aliphatic carbocycles. The van der Waals surface area contributed by atoms with Crippen LogP contribution in [-0.4, -0.2) is 7.05 Å². The van der Waals surface area contributed by atoms with Crippen LogP contribution in [0, 0.1) is 0 Å². The lowest BCUT2D eigenvalue weighted by molar-refractivity contribution is 0.641. The molecule has 0 amide bonds. The molecular weight excluding hydrogens is 254 g/mol. The van der Waals surface area contributed by atoms with Crippen molar-refractivity contribution >= 4 is 11.6 Å². The first kappa shape index (κ1) is 14.1. The number of hydrogen-bond acceptors (Lipinski definition) is 1. The van der Waals surface area contributed by atoms with Crippen LogP contribution >= 0.6 is 11.6 Å². The SMILES string of the molecule is CNC(C)c1ccccc1C(C)c1ccc(Cl)cc1. The summed E-state index contributed by atoms with van der Waals surface area (Å²) < 4.78 is 0. The molecule has 1 nitrogen and oxygen atoms in total. The minimum Gasteiger partial charge on any atom is -0.313 e. The normalized spacial score (nSPS) is 14.1. The molecule has 0 bridgehead atoms. The molecule has 0 aromatic heterocycles. The zero-order valence-corrected chi connectivity index (χ0v) is 12.4. The number of halogens is 1. The Bertz CT molecular complexity index is 533. The topological polar surface area (TPSA) is 12.0 Å². The van der Waals surface area contributed by atoms with Crippen molar-refractivity contribution < 1.29 is 0 Å². The maximum atomic E-state index is 5.96. The minimum atomic E-state index is 0.353. The van der Waals surface area contributed by atoms with Crippen molar-refractivity contribution in [2.45, 2.75) is 25.8 Å². The molecule has 19 heavy (non-hydrogen) atoms. The highest BCUT2D eigenvalue weighted by Gasteiger charge is 2.15. The number of rotatable bonds is 4. The lowest BCUT2D eigenvalue weighted by Gasteiger charge is -2.21. The van der Waals surface area contributed by atoms with Crippen LogP contribution in [0.15, 0.2) is 48.5 Å². The van der Waals surface area contributed by atoms with Crippen molar-refractivity contribution in [3.63, 3.8) is 0 Å². The van der Waals surface area contributed by atoms with Crippen LogP contribution < -0.4 is 5.32 Å². The second-order valence-corrected chi connectivity index (χ2v) is 5.35. The van der Waals surface area contributed by atoms with Crippen molar-refractivity contribution in [2.24, 2.45) is 0 Å². The molecule has 0 aliphatic rings. The van der Waals surface area contributed by atoms with E-state index in [2.05, 4.69) is 55.6 Å². The van der Waals surface area contributed by atoms with Crippen LogP contribution in [0.2, 0.25) is 5.02 Å². The summed E-state index contributed by atoms with van der Waals surface area (Å²) in [5.41, 5.74) is 4.01. The molecular formula is C17H20ClN. The molecule has 0 heterocycles. The van der Waals surface area contributed by atoms with E-state index >= 15 is 0 Å².